The zero-order valence-corrected chi connectivity index (χ0v) is 31.8. The number of amides is 6. The van der Waals surface area contributed by atoms with Crippen LogP contribution in [0.25, 0.3) is 0 Å². The smallest absolute Gasteiger partial charge is 0.326 e. The summed E-state index contributed by atoms with van der Waals surface area (Å²) in [7, 11) is 0. The second-order valence-electron chi connectivity index (χ2n) is 12.2. The third-order valence-corrected chi connectivity index (χ3v) is 8.07. The van der Waals surface area contributed by atoms with Crippen molar-refractivity contribution in [2.24, 2.45) is 44.4 Å². The number of hydrogen-bond acceptors (Lipinski definition) is 15. The molecule has 0 aromatic heterocycles. The molecule has 0 fully saturated rings. The first-order valence-electron chi connectivity index (χ1n) is 17.5. The number of rotatable bonds is 29. The van der Waals surface area contributed by atoms with Gasteiger partial charge in [0.25, 0.3) is 0 Å². The lowest BCUT2D eigenvalue weighted by atomic mass is 10.1. The summed E-state index contributed by atoms with van der Waals surface area (Å²) in [6.07, 6.45) is 1.58. The van der Waals surface area contributed by atoms with E-state index >= 15 is 0 Å². The van der Waals surface area contributed by atoms with Crippen molar-refractivity contribution < 1.29 is 54.0 Å². The molecule has 0 aliphatic rings. The highest BCUT2D eigenvalue weighted by molar-refractivity contribution is 7.80. The van der Waals surface area contributed by atoms with E-state index in [-0.39, 0.29) is 56.4 Å². The Hall–Kier alpha value is -5.02. The summed E-state index contributed by atoms with van der Waals surface area (Å²) in [6.45, 7) is -2.51. The summed E-state index contributed by atoms with van der Waals surface area (Å²) in [5, 5.41) is 52.5. The molecule has 0 saturated carbocycles. The van der Waals surface area contributed by atoms with E-state index in [9.17, 15) is 54.0 Å². The van der Waals surface area contributed by atoms with Crippen molar-refractivity contribution in [3.05, 3.63) is 0 Å². The number of carbonyl (C=O) groups is 7. The first-order valence-corrected chi connectivity index (χ1v) is 18.1. The number of hydrogen-bond donors (Lipinski definition) is 17. The fourth-order valence-corrected chi connectivity index (χ4v) is 4.85. The highest BCUT2D eigenvalue weighted by atomic mass is 32.1. The van der Waals surface area contributed by atoms with E-state index in [0.29, 0.717) is 25.8 Å². The Labute approximate surface area is 328 Å². The normalized spacial score (nSPS) is 14.5. The topological polar surface area (TPSA) is 453 Å². The molecule has 6 amide bonds. The number of nitrogens with two attached hydrogens (primary N) is 6. The van der Waals surface area contributed by atoms with Gasteiger partial charge in [-0.2, -0.15) is 12.6 Å². The van der Waals surface area contributed by atoms with Gasteiger partial charge in [-0.05, 0) is 51.5 Å². The zero-order valence-electron chi connectivity index (χ0n) is 30.9. The van der Waals surface area contributed by atoms with Gasteiger partial charge < -0.3 is 86.7 Å². The number of carboxylic acids is 1. The fraction of sp³-hybridized carbons (Fsp3) is 0.700. The number of aliphatic hydroxyl groups excluding tert-OH is 3. The average molecular weight is 823 g/mol. The van der Waals surface area contributed by atoms with Gasteiger partial charge in [-0.15, -0.1) is 0 Å². The van der Waals surface area contributed by atoms with Crippen LogP contribution in [0, 0.1) is 0 Å². The average Bonchev–Trinajstić information content (AvgIpc) is 3.15. The second kappa shape index (κ2) is 28.4. The standard InChI is InChI=1S/C30H58N14O11S/c31-8-2-1-6-17(28(54)55)40-27(53)21(14-56)44-26(52)20(13-47)43-25(51)19(12-46)42-24(50)18(11-45)41-23(49)16(7-4-10-38-30(35)36)39-22(48)15(32)5-3-9-37-29(33)34/h15-21,45-47,56H,1-14,31-32H2,(H,39,48)(H,40,53)(H,41,49)(H,42,50)(H,43,51)(H,44,52)(H,54,55)(H4,33,34,37)(H4,35,36,38)/t15-,16-,17-,18-,19-,20-,21-/m0/s1. The molecule has 0 bridgehead atoms. The molecule has 7 atom stereocenters. The van der Waals surface area contributed by atoms with Crippen molar-refractivity contribution >= 4 is 66.0 Å². The summed E-state index contributed by atoms with van der Waals surface area (Å²) in [6, 6.07) is -10.3. The molecule has 0 unspecified atom stereocenters. The Morgan fingerprint density at radius 2 is 0.875 bits per heavy atom. The molecule has 0 rings (SSSR count). The van der Waals surface area contributed by atoms with E-state index < -0.39 is 104 Å². The van der Waals surface area contributed by atoms with Crippen LogP contribution in [0.1, 0.15) is 44.9 Å². The van der Waals surface area contributed by atoms with Crippen molar-refractivity contribution in [2.45, 2.75) is 87.2 Å². The Bertz CT molecular complexity index is 1350. The first kappa shape index (κ1) is 51.0. The molecular weight excluding hydrogens is 764 g/mol. The van der Waals surface area contributed by atoms with E-state index in [1.54, 1.807) is 0 Å². The van der Waals surface area contributed by atoms with Crippen LogP contribution in [0.15, 0.2) is 9.98 Å². The maximum atomic E-state index is 13.2. The van der Waals surface area contributed by atoms with E-state index in [0.717, 1.165) is 0 Å². The predicted molar refractivity (Wildman–Crippen MR) is 205 cm³/mol. The number of nitrogens with one attached hydrogen (secondary N) is 6. The van der Waals surface area contributed by atoms with Gasteiger partial charge in [-0.1, -0.05) is 0 Å². The van der Waals surface area contributed by atoms with Gasteiger partial charge in [0.2, 0.25) is 35.4 Å². The number of guanidine groups is 2. The number of carbonyl (C=O) groups excluding carboxylic acids is 6. The molecule has 0 radical (unpaired) electrons. The number of unbranched alkanes of at least 4 members (excludes halogenated alkanes) is 1. The van der Waals surface area contributed by atoms with Crippen LogP contribution < -0.4 is 66.3 Å². The van der Waals surface area contributed by atoms with Crippen LogP contribution in [0.2, 0.25) is 0 Å². The van der Waals surface area contributed by atoms with Gasteiger partial charge in [-0.25, -0.2) is 4.79 Å². The molecule has 26 heteroatoms. The molecule has 56 heavy (non-hydrogen) atoms. The maximum absolute atomic E-state index is 13.2. The van der Waals surface area contributed by atoms with E-state index in [4.69, 9.17) is 34.4 Å². The molecular formula is C30H58N14O11S. The molecule has 0 aromatic rings. The SMILES string of the molecule is NCCCC[C@H](NC(=O)[C@H](CS)NC(=O)[C@H](CO)NC(=O)[C@H](CO)NC(=O)[C@H](CO)NC(=O)[C@H](CCCN=C(N)N)NC(=O)[C@@H](N)CCCN=C(N)N)C(=O)O. The number of aliphatic hydroxyl groups is 3. The Morgan fingerprint density at radius 1 is 0.518 bits per heavy atom. The maximum Gasteiger partial charge on any atom is 0.326 e. The highest BCUT2D eigenvalue weighted by Crippen LogP contribution is 2.05. The van der Waals surface area contributed by atoms with Crippen molar-refractivity contribution in [3.8, 4) is 0 Å². The minimum atomic E-state index is -1.80. The molecule has 0 spiro atoms. The predicted octanol–water partition coefficient (Wildman–Crippen LogP) is -8.55. The quantitative estimate of drug-likeness (QED) is 0.0144. The minimum absolute atomic E-state index is 0.0498. The molecule has 0 aromatic carbocycles. The largest absolute Gasteiger partial charge is 0.480 e. The third kappa shape index (κ3) is 20.6. The van der Waals surface area contributed by atoms with E-state index in [2.05, 4.69) is 54.5 Å². The van der Waals surface area contributed by atoms with Gasteiger partial charge in [-0.3, -0.25) is 38.8 Å². The first-order chi connectivity index (χ1) is 26.4. The summed E-state index contributed by atoms with van der Waals surface area (Å²) in [4.78, 5) is 96.8. The molecule has 320 valence electrons. The van der Waals surface area contributed by atoms with Crippen LogP contribution in [0.3, 0.4) is 0 Å². The van der Waals surface area contributed by atoms with Crippen LogP contribution in [-0.2, 0) is 33.6 Å². The summed E-state index contributed by atoms with van der Waals surface area (Å²) < 4.78 is 0. The highest BCUT2D eigenvalue weighted by Gasteiger charge is 2.33. The third-order valence-electron chi connectivity index (χ3n) is 7.71. The molecule has 22 N–H and O–H groups in total. The molecule has 0 saturated heterocycles. The van der Waals surface area contributed by atoms with E-state index in [1.807, 2.05) is 0 Å². The van der Waals surface area contributed by atoms with Crippen molar-refractivity contribution in [1.82, 2.24) is 31.9 Å². The second-order valence-corrected chi connectivity index (χ2v) is 12.6. The molecule has 0 heterocycles. The van der Waals surface area contributed by atoms with Gasteiger partial charge in [0.15, 0.2) is 11.9 Å². The lowest BCUT2D eigenvalue weighted by Crippen LogP contribution is -2.61. The number of aliphatic carboxylic acids is 1. The minimum Gasteiger partial charge on any atom is -0.480 e. The van der Waals surface area contributed by atoms with Crippen molar-refractivity contribution in [2.75, 3.05) is 45.2 Å². The van der Waals surface area contributed by atoms with Crippen LogP contribution in [-0.4, -0.2) is 161 Å². The lowest BCUT2D eigenvalue weighted by molar-refractivity contribution is -0.142. The number of aliphatic imine (C=N–C) groups is 2. The summed E-state index contributed by atoms with van der Waals surface area (Å²) in [5.74, 6) is -8.05. The monoisotopic (exact) mass is 822 g/mol. The Balaban J connectivity index is 5.64. The summed E-state index contributed by atoms with van der Waals surface area (Å²) in [5.41, 5.74) is 32.6. The Kier molecular flexibility index (Phi) is 25.9. The van der Waals surface area contributed by atoms with Crippen LogP contribution in [0.4, 0.5) is 0 Å². The Morgan fingerprint density at radius 3 is 1.27 bits per heavy atom. The van der Waals surface area contributed by atoms with Gasteiger partial charge in [0.05, 0.1) is 25.9 Å². The van der Waals surface area contributed by atoms with Gasteiger partial charge in [0, 0.05) is 18.8 Å². The summed E-state index contributed by atoms with van der Waals surface area (Å²) >= 11 is 4.01. The molecule has 0 aliphatic heterocycles. The van der Waals surface area contributed by atoms with Crippen molar-refractivity contribution in [3.63, 3.8) is 0 Å². The number of carboxylic acid groups (broad SMARTS) is 1. The number of nitrogens with zero attached hydrogens (tertiary/aromatic N) is 2. The van der Waals surface area contributed by atoms with Crippen LogP contribution in [0.5, 0.6) is 0 Å². The van der Waals surface area contributed by atoms with Gasteiger partial charge >= 0.3 is 5.97 Å². The van der Waals surface area contributed by atoms with Crippen LogP contribution >= 0.6 is 12.6 Å². The fourth-order valence-electron chi connectivity index (χ4n) is 4.59. The molecule has 0 aliphatic carbocycles. The van der Waals surface area contributed by atoms with Gasteiger partial charge in [0.1, 0.15) is 36.3 Å². The lowest BCUT2D eigenvalue weighted by Gasteiger charge is -2.26. The van der Waals surface area contributed by atoms with Crippen molar-refractivity contribution in [1.29, 1.82) is 0 Å². The van der Waals surface area contributed by atoms with E-state index in [1.165, 1.54) is 0 Å². The molecule has 25 nitrogen and oxygen atoms in total. The number of thiol groups is 1. The zero-order chi connectivity index (χ0) is 42.8.